The summed E-state index contributed by atoms with van der Waals surface area (Å²) in [6, 6.07) is 0. The van der Waals surface area contributed by atoms with Crippen LogP contribution in [0.4, 0.5) is 0 Å². The lowest BCUT2D eigenvalue weighted by molar-refractivity contribution is -0.155. The van der Waals surface area contributed by atoms with Gasteiger partial charge in [-0.25, -0.2) is 0 Å². The van der Waals surface area contributed by atoms with Crippen LogP contribution in [0.25, 0.3) is 0 Å². The minimum Gasteiger partial charge on any atom is -0.393 e. The van der Waals surface area contributed by atoms with Crippen LogP contribution >= 0.6 is 0 Å². The van der Waals surface area contributed by atoms with Crippen LogP contribution in [0.1, 0.15) is 38.5 Å². The lowest BCUT2D eigenvalue weighted by Gasteiger charge is -2.37. The molecule has 0 amide bonds. The Bertz CT molecular complexity index is 517. The van der Waals surface area contributed by atoms with Crippen LogP contribution in [-0.2, 0) is 28.7 Å². The maximum atomic E-state index is 11.8. The van der Waals surface area contributed by atoms with Crippen molar-refractivity contribution in [2.75, 3.05) is 0 Å². The van der Waals surface area contributed by atoms with Crippen LogP contribution in [-0.4, -0.2) is 23.9 Å². The highest BCUT2D eigenvalue weighted by Crippen LogP contribution is 2.48. The van der Waals surface area contributed by atoms with Gasteiger partial charge in [0.25, 0.3) is 0 Å². The molecule has 4 fully saturated rings. The van der Waals surface area contributed by atoms with Gasteiger partial charge < -0.3 is 9.47 Å². The van der Waals surface area contributed by atoms with Crippen LogP contribution in [0.2, 0.25) is 0 Å². The Morgan fingerprint density at radius 1 is 0.545 bits per heavy atom. The van der Waals surface area contributed by atoms with Crippen molar-refractivity contribution in [1.29, 1.82) is 0 Å². The fraction of sp³-hybridized carbons (Fsp3) is 0.750. The predicted octanol–water partition coefficient (Wildman–Crippen LogP) is 1.22. The number of hydrogen-bond acceptors (Lipinski definition) is 6. The lowest BCUT2D eigenvalue weighted by atomic mass is 9.64. The van der Waals surface area contributed by atoms with E-state index in [-0.39, 0.29) is 47.5 Å². The first kappa shape index (κ1) is 13.9. The third kappa shape index (κ3) is 2.00. The van der Waals surface area contributed by atoms with Crippen LogP contribution in [0, 0.1) is 35.5 Å². The third-order valence-corrected chi connectivity index (χ3v) is 6.06. The highest BCUT2D eigenvalue weighted by molar-refractivity contribution is 5.97. The third-order valence-electron chi connectivity index (χ3n) is 6.06. The number of hydrogen-bond donors (Lipinski definition) is 0. The molecule has 0 aromatic heterocycles. The quantitative estimate of drug-likeness (QED) is 0.535. The molecular weight excluding hydrogens is 288 g/mol. The van der Waals surface area contributed by atoms with Crippen molar-refractivity contribution in [2.45, 2.75) is 38.5 Å². The summed E-state index contributed by atoms with van der Waals surface area (Å²) in [4.78, 5) is 46.7. The normalized spacial score (nSPS) is 44.4. The van der Waals surface area contributed by atoms with Crippen molar-refractivity contribution in [1.82, 2.24) is 0 Å². The van der Waals surface area contributed by atoms with Crippen LogP contribution < -0.4 is 0 Å². The van der Waals surface area contributed by atoms with Gasteiger partial charge in [-0.05, 0) is 50.4 Å². The summed E-state index contributed by atoms with van der Waals surface area (Å²) >= 11 is 0. The van der Waals surface area contributed by atoms with E-state index in [9.17, 15) is 19.2 Å². The monoisotopic (exact) mass is 306 g/mol. The highest BCUT2D eigenvalue weighted by atomic mass is 16.6. The van der Waals surface area contributed by atoms with Crippen molar-refractivity contribution in [3.05, 3.63) is 0 Å². The van der Waals surface area contributed by atoms with E-state index in [0.717, 1.165) is 12.8 Å². The largest absolute Gasteiger partial charge is 0.393 e. The summed E-state index contributed by atoms with van der Waals surface area (Å²) in [5, 5.41) is 0. The van der Waals surface area contributed by atoms with Gasteiger partial charge in [0.1, 0.15) is 0 Å². The first-order valence-corrected chi connectivity index (χ1v) is 8.05. The Balaban J connectivity index is 1.45. The molecule has 2 aliphatic heterocycles. The minimum absolute atomic E-state index is 0.266. The predicted molar refractivity (Wildman–Crippen MR) is 70.8 cm³/mol. The molecule has 0 aromatic rings. The van der Waals surface area contributed by atoms with Crippen molar-refractivity contribution < 1.29 is 28.7 Å². The standard InChI is InChI=1S/C16H18O6/c17-13-9-3-1-7(5-11(9)15(19)21-13)8-2-4-10-12(6-8)16(20)22-14(10)18/h7-12H,1-6H2. The molecule has 6 atom stereocenters. The van der Waals surface area contributed by atoms with E-state index >= 15 is 0 Å². The van der Waals surface area contributed by atoms with Crippen molar-refractivity contribution in [3.63, 3.8) is 0 Å². The summed E-state index contributed by atoms with van der Waals surface area (Å²) < 4.78 is 9.50. The zero-order valence-corrected chi connectivity index (χ0v) is 12.2. The first-order valence-electron chi connectivity index (χ1n) is 8.05. The van der Waals surface area contributed by atoms with E-state index < -0.39 is 0 Å². The van der Waals surface area contributed by atoms with E-state index in [1.165, 1.54) is 0 Å². The maximum Gasteiger partial charge on any atom is 0.317 e. The lowest BCUT2D eigenvalue weighted by Crippen LogP contribution is -2.35. The molecule has 6 unspecified atom stereocenters. The van der Waals surface area contributed by atoms with Gasteiger partial charge in [0.2, 0.25) is 0 Å². The SMILES string of the molecule is O=C1OC(=O)C2CC(C3CCC4C(=O)OC(=O)C4C3)CCC12. The van der Waals surface area contributed by atoms with Crippen LogP contribution in [0.3, 0.4) is 0 Å². The molecule has 0 bridgehead atoms. The smallest absolute Gasteiger partial charge is 0.317 e. The second-order valence-corrected chi connectivity index (χ2v) is 7.05. The van der Waals surface area contributed by atoms with Gasteiger partial charge in [0.15, 0.2) is 0 Å². The molecule has 118 valence electrons. The van der Waals surface area contributed by atoms with Crippen LogP contribution in [0.5, 0.6) is 0 Å². The molecule has 2 saturated carbocycles. The molecule has 0 aromatic carbocycles. The molecule has 2 aliphatic carbocycles. The van der Waals surface area contributed by atoms with Crippen LogP contribution in [0.15, 0.2) is 0 Å². The molecule has 6 nitrogen and oxygen atoms in total. The van der Waals surface area contributed by atoms with Gasteiger partial charge in [-0.3, -0.25) is 19.2 Å². The molecule has 2 heterocycles. The zero-order chi connectivity index (χ0) is 15.4. The molecule has 0 spiro atoms. The number of rotatable bonds is 1. The summed E-state index contributed by atoms with van der Waals surface area (Å²) in [7, 11) is 0. The molecule has 22 heavy (non-hydrogen) atoms. The Labute approximate surface area is 127 Å². The summed E-state index contributed by atoms with van der Waals surface area (Å²) in [5.74, 6) is -2.01. The summed E-state index contributed by atoms with van der Waals surface area (Å²) in [6.45, 7) is 0. The second kappa shape index (κ2) is 4.89. The Morgan fingerprint density at radius 2 is 0.909 bits per heavy atom. The molecule has 0 N–H and O–H groups in total. The Morgan fingerprint density at radius 3 is 1.32 bits per heavy atom. The summed E-state index contributed by atoms with van der Waals surface area (Å²) in [5.41, 5.74) is 0. The summed E-state index contributed by atoms with van der Waals surface area (Å²) in [6.07, 6.45) is 4.48. The molecular formula is C16H18O6. The topological polar surface area (TPSA) is 86.7 Å². The number of carbonyl (C=O) groups is 4. The van der Waals surface area contributed by atoms with Crippen molar-refractivity contribution in [3.8, 4) is 0 Å². The molecule has 6 heteroatoms. The average molecular weight is 306 g/mol. The van der Waals surface area contributed by atoms with E-state index in [1.807, 2.05) is 0 Å². The second-order valence-electron chi connectivity index (χ2n) is 7.05. The fourth-order valence-corrected chi connectivity index (χ4v) is 4.85. The van der Waals surface area contributed by atoms with Crippen molar-refractivity contribution >= 4 is 23.9 Å². The van der Waals surface area contributed by atoms with Gasteiger partial charge in [0.05, 0.1) is 23.7 Å². The first-order chi connectivity index (χ1) is 10.5. The zero-order valence-electron chi connectivity index (χ0n) is 12.2. The number of ether oxygens (including phenoxy) is 2. The maximum absolute atomic E-state index is 11.8. The number of esters is 4. The van der Waals surface area contributed by atoms with Crippen molar-refractivity contribution in [2.24, 2.45) is 35.5 Å². The molecule has 4 rings (SSSR count). The van der Waals surface area contributed by atoms with Gasteiger partial charge in [-0.2, -0.15) is 0 Å². The average Bonchev–Trinajstić information content (AvgIpc) is 2.96. The molecule has 4 aliphatic rings. The fourth-order valence-electron chi connectivity index (χ4n) is 4.85. The molecule has 2 saturated heterocycles. The van der Waals surface area contributed by atoms with Gasteiger partial charge in [-0.1, -0.05) is 0 Å². The molecule has 0 radical (unpaired) electrons. The van der Waals surface area contributed by atoms with E-state index in [1.54, 1.807) is 0 Å². The number of fused-ring (bicyclic) bond motifs is 2. The minimum atomic E-state index is -0.385. The van der Waals surface area contributed by atoms with E-state index in [2.05, 4.69) is 0 Å². The Kier molecular flexibility index (Phi) is 3.09. The highest BCUT2D eigenvalue weighted by Gasteiger charge is 2.52. The number of carbonyl (C=O) groups excluding carboxylic acids is 4. The Hall–Kier alpha value is -1.72. The van der Waals surface area contributed by atoms with Gasteiger partial charge in [-0.15, -0.1) is 0 Å². The van der Waals surface area contributed by atoms with E-state index in [4.69, 9.17) is 9.47 Å². The van der Waals surface area contributed by atoms with Gasteiger partial charge >= 0.3 is 23.9 Å². The number of cyclic esters (lactones) is 4. The van der Waals surface area contributed by atoms with Gasteiger partial charge in [0, 0.05) is 0 Å². The van der Waals surface area contributed by atoms with E-state index in [0.29, 0.717) is 37.5 Å².